The number of aliphatic hydroxyl groups is 2. The predicted molar refractivity (Wildman–Crippen MR) is 129 cm³/mol. The fraction of sp³-hybridized carbons (Fsp3) is 0.391. The smallest absolute Gasteiger partial charge is 0.259 e. The molecule has 1 amide bonds. The van der Waals surface area contributed by atoms with Crippen molar-refractivity contribution in [3.63, 3.8) is 0 Å². The molecular weight excluding hydrogens is 480 g/mol. The van der Waals surface area contributed by atoms with Crippen LogP contribution >= 0.6 is 11.3 Å². The number of ether oxygens (including phenoxy) is 2. The molecule has 9 nitrogen and oxygen atoms in total. The van der Waals surface area contributed by atoms with Crippen molar-refractivity contribution in [3.05, 3.63) is 53.1 Å². The number of methoxy groups -OCH3 is 1. The lowest BCUT2D eigenvalue weighted by Gasteiger charge is -2.18. The van der Waals surface area contributed by atoms with Crippen molar-refractivity contribution in [1.82, 2.24) is 4.98 Å². The van der Waals surface area contributed by atoms with E-state index in [1.54, 1.807) is 38.3 Å². The SMILES string of the molecule is CCS(=O)(=O)c1ccc(C(OCCCOC)C(=O)Nc2nc3cc(CO)c(CO)cc3s2)cc1. The summed E-state index contributed by atoms with van der Waals surface area (Å²) in [5, 5.41) is 22.1. The fourth-order valence-corrected chi connectivity index (χ4v) is 5.12. The van der Waals surface area contributed by atoms with Gasteiger partial charge in [0.05, 0.1) is 40.7 Å². The highest BCUT2D eigenvalue weighted by Crippen LogP contribution is 2.30. The summed E-state index contributed by atoms with van der Waals surface area (Å²) in [7, 11) is -1.78. The summed E-state index contributed by atoms with van der Waals surface area (Å²) in [6.07, 6.45) is -0.402. The quantitative estimate of drug-likeness (QED) is 0.318. The van der Waals surface area contributed by atoms with Crippen LogP contribution in [-0.2, 0) is 37.3 Å². The van der Waals surface area contributed by atoms with E-state index in [2.05, 4.69) is 10.3 Å². The van der Waals surface area contributed by atoms with E-state index in [0.29, 0.717) is 40.4 Å². The highest BCUT2D eigenvalue weighted by molar-refractivity contribution is 7.91. The van der Waals surface area contributed by atoms with Gasteiger partial charge in [0.25, 0.3) is 5.91 Å². The summed E-state index contributed by atoms with van der Waals surface area (Å²) in [4.78, 5) is 17.7. The van der Waals surface area contributed by atoms with Crippen LogP contribution in [0.5, 0.6) is 0 Å². The second-order valence-electron chi connectivity index (χ2n) is 7.48. The number of benzene rings is 2. The van der Waals surface area contributed by atoms with Gasteiger partial charge in [0, 0.05) is 13.7 Å². The van der Waals surface area contributed by atoms with Crippen molar-refractivity contribution in [3.8, 4) is 0 Å². The van der Waals surface area contributed by atoms with Crippen LogP contribution in [0.1, 0.15) is 36.1 Å². The van der Waals surface area contributed by atoms with Crippen molar-refractivity contribution in [1.29, 1.82) is 0 Å². The van der Waals surface area contributed by atoms with E-state index < -0.39 is 21.8 Å². The Hall–Kier alpha value is -2.41. The van der Waals surface area contributed by atoms with Crippen LogP contribution in [0.15, 0.2) is 41.3 Å². The van der Waals surface area contributed by atoms with Crippen molar-refractivity contribution in [2.24, 2.45) is 0 Å². The molecular formula is C23H28N2O7S2. The van der Waals surface area contributed by atoms with Crippen molar-refractivity contribution in [2.75, 3.05) is 31.4 Å². The number of fused-ring (bicyclic) bond motifs is 1. The number of amides is 1. The van der Waals surface area contributed by atoms with E-state index in [1.165, 1.54) is 23.5 Å². The minimum atomic E-state index is -3.36. The molecule has 3 rings (SSSR count). The number of sulfone groups is 1. The molecule has 0 radical (unpaired) electrons. The van der Waals surface area contributed by atoms with Gasteiger partial charge in [-0.25, -0.2) is 13.4 Å². The van der Waals surface area contributed by atoms with Crippen molar-refractivity contribution < 1.29 is 32.9 Å². The first kappa shape index (κ1) is 26.2. The summed E-state index contributed by atoms with van der Waals surface area (Å²) in [5.41, 5.74) is 2.27. The molecule has 0 bridgehead atoms. The molecule has 0 saturated heterocycles. The molecule has 0 aliphatic carbocycles. The number of nitrogens with zero attached hydrogens (tertiary/aromatic N) is 1. The Bertz CT molecular complexity index is 1180. The summed E-state index contributed by atoms with van der Waals surface area (Å²) >= 11 is 1.24. The Kier molecular flexibility index (Phi) is 9.11. The van der Waals surface area contributed by atoms with Crippen LogP contribution in [-0.4, -0.2) is 55.6 Å². The van der Waals surface area contributed by atoms with Gasteiger partial charge in [-0.1, -0.05) is 30.4 Å². The first-order valence-electron chi connectivity index (χ1n) is 10.7. The Balaban J connectivity index is 1.85. The third-order valence-electron chi connectivity index (χ3n) is 5.22. The van der Waals surface area contributed by atoms with Gasteiger partial charge in [0.2, 0.25) is 0 Å². The van der Waals surface area contributed by atoms with Gasteiger partial charge in [0.1, 0.15) is 0 Å². The van der Waals surface area contributed by atoms with Gasteiger partial charge in [-0.05, 0) is 47.4 Å². The lowest BCUT2D eigenvalue weighted by atomic mass is 10.1. The minimum absolute atomic E-state index is 0.0165. The van der Waals surface area contributed by atoms with Crippen LogP contribution in [0, 0.1) is 0 Å². The number of rotatable bonds is 12. The predicted octanol–water partition coefficient (Wildman–Crippen LogP) is 2.81. The third kappa shape index (κ3) is 6.17. The first-order valence-corrected chi connectivity index (χ1v) is 13.2. The second kappa shape index (κ2) is 11.8. The van der Waals surface area contributed by atoms with Crippen molar-refractivity contribution in [2.45, 2.75) is 37.6 Å². The number of carbonyl (C=O) groups is 1. The Morgan fingerprint density at radius 2 is 1.79 bits per heavy atom. The summed E-state index contributed by atoms with van der Waals surface area (Å²) in [6.45, 7) is 1.86. The van der Waals surface area contributed by atoms with Crippen LogP contribution < -0.4 is 5.32 Å². The number of nitrogens with one attached hydrogen (secondary N) is 1. The van der Waals surface area contributed by atoms with E-state index in [0.717, 1.165) is 4.70 Å². The molecule has 1 aromatic heterocycles. The molecule has 1 unspecified atom stereocenters. The molecule has 3 aromatic rings. The molecule has 184 valence electrons. The topological polar surface area (TPSA) is 135 Å². The molecule has 3 N–H and O–H groups in total. The molecule has 0 fully saturated rings. The van der Waals surface area contributed by atoms with E-state index in [9.17, 15) is 23.4 Å². The summed E-state index contributed by atoms with van der Waals surface area (Å²) < 4.78 is 35.8. The maximum Gasteiger partial charge on any atom is 0.259 e. The monoisotopic (exact) mass is 508 g/mol. The van der Waals surface area contributed by atoms with E-state index in [4.69, 9.17) is 9.47 Å². The highest BCUT2D eigenvalue weighted by Gasteiger charge is 2.24. The van der Waals surface area contributed by atoms with E-state index in [1.807, 2.05) is 0 Å². The second-order valence-corrected chi connectivity index (χ2v) is 10.8. The van der Waals surface area contributed by atoms with Crippen LogP contribution in [0.3, 0.4) is 0 Å². The van der Waals surface area contributed by atoms with E-state index >= 15 is 0 Å². The number of aromatic nitrogens is 1. The summed E-state index contributed by atoms with van der Waals surface area (Å²) in [6, 6.07) is 9.50. The maximum atomic E-state index is 13.1. The molecule has 0 saturated carbocycles. The molecule has 34 heavy (non-hydrogen) atoms. The lowest BCUT2D eigenvalue weighted by molar-refractivity contribution is -0.128. The number of carbonyl (C=O) groups excluding carboxylic acids is 1. The van der Waals surface area contributed by atoms with Crippen LogP contribution in [0.2, 0.25) is 0 Å². The largest absolute Gasteiger partial charge is 0.392 e. The zero-order valence-corrected chi connectivity index (χ0v) is 20.6. The third-order valence-corrected chi connectivity index (χ3v) is 7.90. The Labute approximate surface area is 202 Å². The molecule has 0 aliphatic heterocycles. The van der Waals surface area contributed by atoms with Gasteiger partial charge in [-0.15, -0.1) is 0 Å². The normalized spacial score (nSPS) is 12.7. The average Bonchev–Trinajstić information content (AvgIpc) is 3.24. The highest BCUT2D eigenvalue weighted by atomic mass is 32.2. The van der Waals surface area contributed by atoms with Crippen LogP contribution in [0.25, 0.3) is 10.2 Å². The molecule has 2 aromatic carbocycles. The Morgan fingerprint density at radius 1 is 1.12 bits per heavy atom. The van der Waals surface area contributed by atoms with Gasteiger partial charge < -0.3 is 19.7 Å². The number of anilines is 1. The van der Waals surface area contributed by atoms with Crippen molar-refractivity contribution >= 4 is 42.4 Å². The number of hydrogen-bond donors (Lipinski definition) is 3. The van der Waals surface area contributed by atoms with Gasteiger partial charge >= 0.3 is 0 Å². The number of aliphatic hydroxyl groups excluding tert-OH is 2. The Morgan fingerprint density at radius 3 is 2.41 bits per heavy atom. The molecule has 1 heterocycles. The minimum Gasteiger partial charge on any atom is -0.392 e. The molecule has 11 heteroatoms. The zero-order valence-electron chi connectivity index (χ0n) is 19.0. The standard InChI is InChI=1S/C23H28N2O7S2/c1-3-34(29,30)18-7-5-15(6-8-18)21(32-10-4-9-31-2)22(28)25-23-24-19-11-16(13-26)17(14-27)12-20(19)33-23/h5-8,11-12,21,26-27H,3-4,9-10,13-14H2,1-2H3,(H,24,25,28). The van der Waals surface area contributed by atoms with Gasteiger partial charge in [-0.3, -0.25) is 10.1 Å². The molecule has 1 atom stereocenters. The fourth-order valence-electron chi connectivity index (χ4n) is 3.32. The summed E-state index contributed by atoms with van der Waals surface area (Å²) in [5.74, 6) is -0.468. The molecule has 0 aliphatic rings. The average molecular weight is 509 g/mol. The van der Waals surface area contributed by atoms with Gasteiger partial charge in [0.15, 0.2) is 21.1 Å². The molecule has 0 spiro atoms. The van der Waals surface area contributed by atoms with Crippen LogP contribution in [0.4, 0.5) is 5.13 Å². The van der Waals surface area contributed by atoms with Gasteiger partial charge in [-0.2, -0.15) is 0 Å². The lowest BCUT2D eigenvalue weighted by Crippen LogP contribution is -2.24. The maximum absolute atomic E-state index is 13.1. The first-order chi connectivity index (χ1) is 16.3. The van der Waals surface area contributed by atoms with E-state index in [-0.39, 0.29) is 30.5 Å². The zero-order chi connectivity index (χ0) is 24.7. The number of thiazole rings is 1. The number of hydrogen-bond acceptors (Lipinski definition) is 9.